The summed E-state index contributed by atoms with van der Waals surface area (Å²) in [6.45, 7) is 20.6. The first kappa shape index (κ1) is 34.7. The Kier molecular flexibility index (Phi) is 11.1. The highest BCUT2D eigenvalue weighted by Gasteiger charge is 2.33. The molecule has 1 aliphatic carbocycles. The first-order valence-corrected chi connectivity index (χ1v) is 17.7. The van der Waals surface area contributed by atoms with Gasteiger partial charge in [0, 0.05) is 60.0 Å². The number of rotatable bonds is 11. The molecule has 5 rings (SSSR count). The van der Waals surface area contributed by atoms with E-state index < -0.39 is 0 Å². The predicted octanol–water partition coefficient (Wildman–Crippen LogP) is 6.59. The summed E-state index contributed by atoms with van der Waals surface area (Å²) in [5, 5.41) is 7.19. The summed E-state index contributed by atoms with van der Waals surface area (Å²) in [6, 6.07) is 10.3. The van der Waals surface area contributed by atoms with Gasteiger partial charge in [-0.2, -0.15) is 0 Å². The zero-order chi connectivity index (χ0) is 33.8. The van der Waals surface area contributed by atoms with Crippen molar-refractivity contribution < 1.29 is 9.59 Å². The smallest absolute Gasteiger partial charge is 0.254 e. The molecule has 3 unspecified atom stereocenters. The van der Waals surface area contributed by atoms with E-state index in [9.17, 15) is 14.4 Å². The number of fused-ring (bicyclic) bond motifs is 1. The van der Waals surface area contributed by atoms with Crippen molar-refractivity contribution >= 4 is 22.7 Å². The van der Waals surface area contributed by atoms with Gasteiger partial charge in [-0.1, -0.05) is 50.6 Å². The summed E-state index contributed by atoms with van der Waals surface area (Å²) < 4.78 is 2.35. The van der Waals surface area contributed by atoms with E-state index in [-0.39, 0.29) is 30.0 Å². The van der Waals surface area contributed by atoms with Gasteiger partial charge in [-0.15, -0.1) is 0 Å². The van der Waals surface area contributed by atoms with Gasteiger partial charge in [0.25, 0.3) is 11.5 Å². The lowest BCUT2D eigenvalue weighted by Crippen LogP contribution is -2.41. The molecule has 1 aliphatic heterocycles. The lowest BCUT2D eigenvalue weighted by Gasteiger charge is -2.37. The van der Waals surface area contributed by atoms with Crippen LogP contribution >= 0.6 is 0 Å². The third-order valence-corrected chi connectivity index (χ3v) is 11.2. The van der Waals surface area contributed by atoms with Gasteiger partial charge in [0.1, 0.15) is 0 Å². The maximum Gasteiger partial charge on any atom is 0.254 e. The Morgan fingerprint density at radius 2 is 1.81 bits per heavy atom. The minimum atomic E-state index is -0.158. The Labute approximate surface area is 280 Å². The van der Waals surface area contributed by atoms with Crippen LogP contribution < -0.4 is 16.2 Å². The topological polar surface area (TPSA) is 99.2 Å². The summed E-state index contributed by atoms with van der Waals surface area (Å²) in [7, 11) is 0. The molecule has 1 aromatic carbocycles. The number of aromatic nitrogens is 2. The molecule has 254 valence electrons. The maximum absolute atomic E-state index is 13.6. The Bertz CT molecular complexity index is 1660. The fourth-order valence-electron chi connectivity index (χ4n) is 8.56. The second-order valence-corrected chi connectivity index (χ2v) is 14.4. The molecule has 3 heterocycles. The van der Waals surface area contributed by atoms with E-state index in [1.54, 1.807) is 0 Å². The molecule has 8 heteroatoms. The number of piperidine rings is 1. The molecule has 0 spiro atoms. The SMILES string of the molecule is C=C1CC(C)C(CC(=O)NCCN2CCC([C@H](C)n3c(C)c(C(=O)NCc4c(C)cc(C)[nH]c4=O)c4ccccc43)CC2)C(CC)C1. The third-order valence-electron chi connectivity index (χ3n) is 11.2. The van der Waals surface area contributed by atoms with E-state index >= 15 is 0 Å². The van der Waals surface area contributed by atoms with E-state index in [1.807, 2.05) is 45.0 Å². The number of para-hydroxylation sites is 1. The number of allylic oxidation sites excluding steroid dienone is 1. The second kappa shape index (κ2) is 15.1. The average molecular weight is 642 g/mol. The summed E-state index contributed by atoms with van der Waals surface area (Å²) in [4.78, 5) is 44.4. The number of H-pyrrole nitrogens is 1. The molecule has 1 saturated heterocycles. The van der Waals surface area contributed by atoms with Crippen molar-refractivity contribution in [2.24, 2.45) is 23.7 Å². The van der Waals surface area contributed by atoms with Crippen LogP contribution in [0.5, 0.6) is 0 Å². The van der Waals surface area contributed by atoms with E-state index in [0.717, 1.165) is 79.6 Å². The molecule has 2 fully saturated rings. The van der Waals surface area contributed by atoms with E-state index in [4.69, 9.17) is 0 Å². The fourth-order valence-corrected chi connectivity index (χ4v) is 8.56. The van der Waals surface area contributed by atoms with Gasteiger partial charge in [-0.25, -0.2) is 0 Å². The van der Waals surface area contributed by atoms with Crippen molar-refractivity contribution in [3.63, 3.8) is 0 Å². The molecule has 3 N–H and O–H groups in total. The summed E-state index contributed by atoms with van der Waals surface area (Å²) in [6.07, 6.45) is 5.98. The number of hydrogen-bond acceptors (Lipinski definition) is 4. The minimum absolute atomic E-state index is 0.157. The van der Waals surface area contributed by atoms with Crippen LogP contribution in [-0.2, 0) is 11.3 Å². The molecule has 8 nitrogen and oxygen atoms in total. The van der Waals surface area contributed by atoms with Crippen LogP contribution in [0.25, 0.3) is 10.9 Å². The molecule has 3 aromatic rings. The van der Waals surface area contributed by atoms with Gasteiger partial charge in [-0.3, -0.25) is 14.4 Å². The quantitative estimate of drug-likeness (QED) is 0.206. The van der Waals surface area contributed by atoms with Crippen LogP contribution in [0.3, 0.4) is 0 Å². The Balaban J connectivity index is 1.17. The predicted molar refractivity (Wildman–Crippen MR) is 191 cm³/mol. The highest BCUT2D eigenvalue weighted by Crippen LogP contribution is 2.40. The average Bonchev–Trinajstić information content (AvgIpc) is 3.33. The van der Waals surface area contributed by atoms with Gasteiger partial charge in [0.05, 0.1) is 5.56 Å². The number of aryl methyl sites for hydroxylation is 2. The zero-order valence-corrected chi connectivity index (χ0v) is 29.4. The number of benzene rings is 1. The van der Waals surface area contributed by atoms with Crippen molar-refractivity contribution in [1.82, 2.24) is 25.1 Å². The normalized spacial score (nSPS) is 21.6. The zero-order valence-electron chi connectivity index (χ0n) is 29.4. The highest BCUT2D eigenvalue weighted by atomic mass is 16.2. The van der Waals surface area contributed by atoms with Crippen LogP contribution in [0.2, 0.25) is 0 Å². The molecule has 2 aliphatic rings. The standard InChI is InChI=1S/C39H55N5O3/c1-8-30-20-24(2)19-25(3)33(30)22-36(45)40-15-18-43-16-13-31(14-17-43)28(6)44-29(7)37(32-11-9-10-12-35(32)44)39(47)41-23-34-26(4)21-27(5)42-38(34)46/h9-12,21,25,28,30-31,33H,2,8,13-20,22-23H2,1,3-7H3,(H,40,45)(H,41,47)(H,42,46)/t25?,28-,30?,33?/m0/s1. The van der Waals surface area contributed by atoms with E-state index in [1.165, 1.54) is 5.57 Å². The van der Waals surface area contributed by atoms with Crippen LogP contribution in [0, 0.1) is 44.4 Å². The van der Waals surface area contributed by atoms with Gasteiger partial charge >= 0.3 is 0 Å². The third kappa shape index (κ3) is 7.75. The Morgan fingerprint density at radius 3 is 2.51 bits per heavy atom. The van der Waals surface area contributed by atoms with Crippen molar-refractivity contribution in [2.75, 3.05) is 26.2 Å². The number of likely N-dealkylation sites (tertiary alicyclic amines) is 1. The minimum Gasteiger partial charge on any atom is -0.355 e. The monoisotopic (exact) mass is 641 g/mol. The van der Waals surface area contributed by atoms with Crippen molar-refractivity contribution in [2.45, 2.75) is 92.7 Å². The summed E-state index contributed by atoms with van der Waals surface area (Å²) >= 11 is 0. The Morgan fingerprint density at radius 1 is 1.09 bits per heavy atom. The Hall–Kier alpha value is -3.65. The molecule has 1 saturated carbocycles. The van der Waals surface area contributed by atoms with Crippen molar-refractivity contribution in [1.29, 1.82) is 0 Å². The number of aromatic amines is 1. The molecular weight excluding hydrogens is 586 g/mol. The molecule has 2 amide bonds. The van der Waals surface area contributed by atoms with Crippen molar-refractivity contribution in [3.8, 4) is 0 Å². The highest BCUT2D eigenvalue weighted by molar-refractivity contribution is 6.08. The molecule has 47 heavy (non-hydrogen) atoms. The van der Waals surface area contributed by atoms with Gasteiger partial charge < -0.3 is 25.1 Å². The number of nitrogens with zero attached hydrogens (tertiary/aromatic N) is 2. The lowest BCUT2D eigenvalue weighted by molar-refractivity contribution is -0.123. The van der Waals surface area contributed by atoms with Gasteiger partial charge in [-0.05, 0) is 108 Å². The van der Waals surface area contributed by atoms with Gasteiger partial charge in [0.15, 0.2) is 0 Å². The fraction of sp³-hybridized carbons (Fsp3) is 0.564. The molecule has 0 radical (unpaired) electrons. The van der Waals surface area contributed by atoms with Crippen molar-refractivity contribution in [3.05, 3.63) is 80.9 Å². The molecular formula is C39H55N5O3. The van der Waals surface area contributed by atoms with E-state index in [2.05, 4.69) is 58.5 Å². The van der Waals surface area contributed by atoms with Gasteiger partial charge in [0.2, 0.25) is 5.91 Å². The van der Waals surface area contributed by atoms with Crippen LogP contribution in [0.1, 0.15) is 98.2 Å². The lowest BCUT2D eigenvalue weighted by atomic mass is 9.68. The first-order chi connectivity index (χ1) is 22.5. The summed E-state index contributed by atoms with van der Waals surface area (Å²) in [5.41, 5.74) is 6.16. The summed E-state index contributed by atoms with van der Waals surface area (Å²) in [5.74, 6) is 2.05. The number of pyridine rings is 1. The number of nitrogens with one attached hydrogen (secondary N) is 3. The van der Waals surface area contributed by atoms with Crippen LogP contribution in [-0.4, -0.2) is 52.4 Å². The number of amides is 2. The first-order valence-electron chi connectivity index (χ1n) is 17.7. The number of carbonyl (C=O) groups excluding carboxylic acids is 2. The number of hydrogen-bond donors (Lipinski definition) is 3. The molecule has 4 atom stereocenters. The van der Waals surface area contributed by atoms with E-state index in [0.29, 0.717) is 47.8 Å². The van der Waals surface area contributed by atoms with Crippen LogP contribution in [0.4, 0.5) is 0 Å². The number of carbonyl (C=O) groups is 2. The maximum atomic E-state index is 13.6. The largest absolute Gasteiger partial charge is 0.355 e. The van der Waals surface area contributed by atoms with Crippen LogP contribution in [0.15, 0.2) is 47.3 Å². The molecule has 2 aromatic heterocycles. The molecule has 0 bridgehead atoms. The second-order valence-electron chi connectivity index (χ2n) is 14.4.